The summed E-state index contributed by atoms with van der Waals surface area (Å²) in [6, 6.07) is -0.00815. The van der Waals surface area contributed by atoms with Gasteiger partial charge in [-0.2, -0.15) is 5.10 Å². The minimum atomic E-state index is -2.91. The Bertz CT molecular complexity index is 414. The molecule has 0 aromatic carbocycles. The van der Waals surface area contributed by atoms with E-state index in [9.17, 15) is 18.9 Å². The Morgan fingerprint density at radius 2 is 2.12 bits per heavy atom. The smallest absolute Gasteiger partial charge is 0.262 e. The topological polar surface area (TPSA) is 61.0 Å². The summed E-state index contributed by atoms with van der Waals surface area (Å²) in [4.78, 5) is 9.83. The van der Waals surface area contributed by atoms with Gasteiger partial charge in [0.25, 0.3) is 6.43 Å². The van der Waals surface area contributed by atoms with Crippen LogP contribution in [0.5, 0.6) is 0 Å². The number of halogens is 2. The Balaban J connectivity index is 2.29. The number of hydrogen-bond acceptors (Lipinski definition) is 3. The SMILES string of the molecule is O=[N+]([O-])c1cn(C2CC[CH]CC2)nc1C(F)F. The van der Waals surface area contributed by atoms with Gasteiger partial charge in [-0.25, -0.2) is 8.78 Å². The zero-order chi connectivity index (χ0) is 12.4. The normalized spacial score (nSPS) is 17.6. The van der Waals surface area contributed by atoms with Crippen LogP contribution in [0, 0.1) is 16.5 Å². The molecule has 1 aliphatic rings. The molecular formula is C10H12F2N3O2. The van der Waals surface area contributed by atoms with E-state index in [1.807, 2.05) is 0 Å². The summed E-state index contributed by atoms with van der Waals surface area (Å²) < 4.78 is 26.5. The fourth-order valence-corrected chi connectivity index (χ4v) is 2.05. The minimum absolute atomic E-state index is 0.00815. The maximum absolute atomic E-state index is 12.6. The Kier molecular flexibility index (Phi) is 3.35. The highest BCUT2D eigenvalue weighted by molar-refractivity contribution is 5.33. The second-order valence-electron chi connectivity index (χ2n) is 4.03. The van der Waals surface area contributed by atoms with E-state index in [0.717, 1.165) is 31.9 Å². The fourth-order valence-electron chi connectivity index (χ4n) is 2.05. The van der Waals surface area contributed by atoms with Crippen molar-refractivity contribution in [2.24, 2.45) is 0 Å². The van der Waals surface area contributed by atoms with Gasteiger partial charge in [0.2, 0.25) is 5.69 Å². The van der Waals surface area contributed by atoms with E-state index >= 15 is 0 Å². The molecule has 17 heavy (non-hydrogen) atoms. The Hall–Kier alpha value is -1.53. The average Bonchev–Trinajstić information content (AvgIpc) is 2.75. The molecule has 93 valence electrons. The predicted molar refractivity (Wildman–Crippen MR) is 55.6 cm³/mol. The molecule has 0 bridgehead atoms. The molecule has 1 aromatic heterocycles. The summed E-state index contributed by atoms with van der Waals surface area (Å²) in [5, 5.41) is 14.3. The lowest BCUT2D eigenvalue weighted by atomic mass is 9.96. The lowest BCUT2D eigenvalue weighted by molar-refractivity contribution is -0.386. The van der Waals surface area contributed by atoms with Gasteiger partial charge in [-0.3, -0.25) is 14.8 Å². The van der Waals surface area contributed by atoms with Gasteiger partial charge in [0.1, 0.15) is 6.20 Å². The van der Waals surface area contributed by atoms with E-state index < -0.39 is 22.7 Å². The van der Waals surface area contributed by atoms with Crippen molar-refractivity contribution in [2.45, 2.75) is 38.2 Å². The van der Waals surface area contributed by atoms with Crippen LogP contribution in [0.15, 0.2) is 6.20 Å². The molecule has 7 heteroatoms. The highest BCUT2D eigenvalue weighted by Gasteiger charge is 2.29. The third kappa shape index (κ3) is 2.42. The molecule has 0 spiro atoms. The van der Waals surface area contributed by atoms with Gasteiger partial charge in [-0.1, -0.05) is 0 Å². The first-order valence-electron chi connectivity index (χ1n) is 5.43. The highest BCUT2D eigenvalue weighted by Crippen LogP contribution is 2.32. The van der Waals surface area contributed by atoms with Gasteiger partial charge in [-0.05, 0) is 32.1 Å². The summed E-state index contributed by atoms with van der Waals surface area (Å²) >= 11 is 0. The molecule has 1 heterocycles. The predicted octanol–water partition coefficient (Wildman–Crippen LogP) is 3.05. The van der Waals surface area contributed by atoms with Crippen LogP contribution in [0.1, 0.15) is 43.8 Å². The van der Waals surface area contributed by atoms with Gasteiger partial charge in [0.15, 0.2) is 0 Å². The van der Waals surface area contributed by atoms with Crippen LogP contribution in [0.25, 0.3) is 0 Å². The summed E-state index contributed by atoms with van der Waals surface area (Å²) in [5.74, 6) is 0. The number of rotatable bonds is 3. The van der Waals surface area contributed by atoms with Crippen LogP contribution in [0.4, 0.5) is 14.5 Å². The van der Waals surface area contributed by atoms with E-state index in [1.54, 1.807) is 0 Å². The molecule has 0 unspecified atom stereocenters. The van der Waals surface area contributed by atoms with Crippen molar-refractivity contribution in [1.82, 2.24) is 9.78 Å². The Morgan fingerprint density at radius 1 is 1.47 bits per heavy atom. The van der Waals surface area contributed by atoms with E-state index in [1.165, 1.54) is 4.68 Å². The van der Waals surface area contributed by atoms with E-state index in [2.05, 4.69) is 11.5 Å². The van der Waals surface area contributed by atoms with Crippen molar-refractivity contribution >= 4 is 5.69 Å². The monoisotopic (exact) mass is 244 g/mol. The lowest BCUT2D eigenvalue weighted by Crippen LogP contribution is -2.13. The van der Waals surface area contributed by atoms with Crippen molar-refractivity contribution in [3.63, 3.8) is 0 Å². The summed E-state index contributed by atoms with van der Waals surface area (Å²) in [7, 11) is 0. The lowest BCUT2D eigenvalue weighted by Gasteiger charge is -2.21. The standard InChI is InChI=1S/C10H12F2N3O2/c11-10(12)9-8(15(16)17)6-14(13-9)7-4-2-1-3-5-7/h1,6-7,10H,2-5H2. The summed E-state index contributed by atoms with van der Waals surface area (Å²) in [6.07, 6.45) is 3.71. The minimum Gasteiger partial charge on any atom is -0.262 e. The van der Waals surface area contributed by atoms with Gasteiger partial charge >= 0.3 is 5.69 Å². The average molecular weight is 244 g/mol. The molecule has 0 amide bonds. The second-order valence-corrected chi connectivity index (χ2v) is 4.03. The molecule has 0 N–H and O–H groups in total. The van der Waals surface area contributed by atoms with Crippen LogP contribution >= 0.6 is 0 Å². The number of nitrogens with zero attached hydrogens (tertiary/aromatic N) is 3. The van der Waals surface area contributed by atoms with Crippen LogP contribution < -0.4 is 0 Å². The zero-order valence-electron chi connectivity index (χ0n) is 9.05. The van der Waals surface area contributed by atoms with Crippen LogP contribution in [-0.2, 0) is 0 Å². The summed E-state index contributed by atoms with van der Waals surface area (Å²) in [5.41, 5.74) is -1.32. The third-order valence-corrected chi connectivity index (χ3v) is 2.93. The first kappa shape index (κ1) is 11.9. The van der Waals surface area contributed by atoms with Gasteiger partial charge < -0.3 is 0 Å². The van der Waals surface area contributed by atoms with Crippen LogP contribution in [-0.4, -0.2) is 14.7 Å². The molecule has 5 nitrogen and oxygen atoms in total. The maximum Gasteiger partial charge on any atom is 0.316 e. The number of hydrogen-bond donors (Lipinski definition) is 0. The number of nitro groups is 1. The van der Waals surface area contributed by atoms with Crippen LogP contribution in [0.2, 0.25) is 0 Å². The molecule has 1 aromatic rings. The molecule has 2 rings (SSSR count). The molecule has 1 radical (unpaired) electrons. The first-order valence-corrected chi connectivity index (χ1v) is 5.43. The van der Waals surface area contributed by atoms with Crippen molar-refractivity contribution in [2.75, 3.05) is 0 Å². The molecule has 0 saturated heterocycles. The van der Waals surface area contributed by atoms with Crippen molar-refractivity contribution in [3.8, 4) is 0 Å². The van der Waals surface area contributed by atoms with Crippen LogP contribution in [0.3, 0.4) is 0 Å². The maximum atomic E-state index is 12.6. The molecule has 1 aliphatic carbocycles. The molecule has 0 aliphatic heterocycles. The quantitative estimate of drug-likeness (QED) is 0.606. The number of aromatic nitrogens is 2. The third-order valence-electron chi connectivity index (χ3n) is 2.93. The first-order chi connectivity index (χ1) is 8.09. The summed E-state index contributed by atoms with van der Waals surface area (Å²) in [6.45, 7) is 0. The Labute approximate surface area is 96.6 Å². The van der Waals surface area contributed by atoms with Gasteiger partial charge in [0.05, 0.1) is 11.0 Å². The number of alkyl halides is 2. The van der Waals surface area contributed by atoms with E-state index in [4.69, 9.17) is 0 Å². The fraction of sp³-hybridized carbons (Fsp3) is 0.600. The van der Waals surface area contributed by atoms with Gasteiger partial charge in [-0.15, -0.1) is 0 Å². The highest BCUT2D eigenvalue weighted by atomic mass is 19.3. The zero-order valence-corrected chi connectivity index (χ0v) is 9.05. The molecule has 1 saturated carbocycles. The second kappa shape index (κ2) is 4.77. The van der Waals surface area contributed by atoms with Crippen molar-refractivity contribution < 1.29 is 13.7 Å². The largest absolute Gasteiger partial charge is 0.316 e. The van der Waals surface area contributed by atoms with Crippen molar-refractivity contribution in [1.29, 1.82) is 0 Å². The molecule has 0 atom stereocenters. The van der Waals surface area contributed by atoms with Crippen molar-refractivity contribution in [3.05, 3.63) is 28.4 Å². The van der Waals surface area contributed by atoms with Gasteiger partial charge in [0, 0.05) is 0 Å². The molecule has 1 fully saturated rings. The van der Waals surface area contributed by atoms with E-state index in [-0.39, 0.29) is 6.04 Å². The van der Waals surface area contributed by atoms with E-state index in [0.29, 0.717) is 0 Å². The Morgan fingerprint density at radius 3 is 2.59 bits per heavy atom. The molecular weight excluding hydrogens is 232 g/mol.